The molecule has 2 aromatic carbocycles. The van der Waals surface area contributed by atoms with Gasteiger partial charge in [-0.05, 0) is 85.8 Å². The third-order valence-corrected chi connectivity index (χ3v) is 9.51. The maximum Gasteiger partial charge on any atom is 0.261 e. The molecule has 0 N–H and O–H groups in total. The zero-order valence-electron chi connectivity index (χ0n) is 23.1. The first kappa shape index (κ1) is 25.8. The van der Waals surface area contributed by atoms with Gasteiger partial charge in [0.05, 0.1) is 22.3 Å². The van der Waals surface area contributed by atoms with Crippen molar-refractivity contribution in [1.82, 2.24) is 9.80 Å². The molecule has 39 heavy (non-hydrogen) atoms. The van der Waals surface area contributed by atoms with E-state index in [9.17, 15) is 19.2 Å². The van der Waals surface area contributed by atoms with Crippen molar-refractivity contribution in [2.45, 2.75) is 78.3 Å². The first-order valence-electron chi connectivity index (χ1n) is 14.4. The Balaban J connectivity index is 1.23. The van der Waals surface area contributed by atoms with Crippen LogP contribution in [0.4, 0.5) is 0 Å². The number of hydrogen-bond acceptors (Lipinski definition) is 5. The van der Waals surface area contributed by atoms with Gasteiger partial charge in [0, 0.05) is 12.1 Å². The monoisotopic (exact) mass is 528 g/mol. The fourth-order valence-corrected chi connectivity index (χ4v) is 7.07. The quantitative estimate of drug-likeness (QED) is 0.434. The zero-order valence-corrected chi connectivity index (χ0v) is 23.1. The van der Waals surface area contributed by atoms with E-state index >= 15 is 0 Å². The molecule has 4 amide bonds. The van der Waals surface area contributed by atoms with E-state index in [1.165, 1.54) is 9.80 Å². The lowest BCUT2D eigenvalue weighted by Gasteiger charge is -2.37. The lowest BCUT2D eigenvalue weighted by Crippen LogP contribution is -2.46. The van der Waals surface area contributed by atoms with E-state index in [0.29, 0.717) is 45.6 Å². The molecule has 0 saturated heterocycles. The molecule has 2 heterocycles. The van der Waals surface area contributed by atoms with Crippen LogP contribution in [-0.2, 0) is 0 Å². The third-order valence-electron chi connectivity index (χ3n) is 9.51. The largest absolute Gasteiger partial charge is 0.457 e. The summed E-state index contributed by atoms with van der Waals surface area (Å²) in [6.45, 7) is 8.58. The van der Waals surface area contributed by atoms with E-state index in [2.05, 4.69) is 27.7 Å². The minimum Gasteiger partial charge on any atom is -0.457 e. The molecule has 6 atom stereocenters. The highest BCUT2D eigenvalue weighted by molar-refractivity contribution is 6.22. The first-order chi connectivity index (χ1) is 18.6. The number of nitrogens with zero attached hydrogens (tertiary/aromatic N) is 2. The molecule has 0 aromatic heterocycles. The van der Waals surface area contributed by atoms with Crippen molar-refractivity contribution in [3.63, 3.8) is 0 Å². The summed E-state index contributed by atoms with van der Waals surface area (Å²) in [5.41, 5.74) is 1.50. The first-order valence-corrected chi connectivity index (χ1v) is 14.4. The molecule has 0 bridgehead atoms. The van der Waals surface area contributed by atoms with Gasteiger partial charge in [-0.1, -0.05) is 40.5 Å². The molecule has 2 aliphatic carbocycles. The normalized spacial score (nSPS) is 30.6. The lowest BCUT2D eigenvalue weighted by molar-refractivity contribution is 0.0435. The molecule has 2 saturated carbocycles. The smallest absolute Gasteiger partial charge is 0.261 e. The minimum absolute atomic E-state index is 0.0939. The average Bonchev–Trinajstić information content (AvgIpc) is 3.30. The Bertz CT molecular complexity index is 1280. The summed E-state index contributed by atoms with van der Waals surface area (Å²) >= 11 is 0. The summed E-state index contributed by atoms with van der Waals surface area (Å²) in [5, 5.41) is 0. The van der Waals surface area contributed by atoms with Gasteiger partial charge >= 0.3 is 0 Å². The molecule has 0 radical (unpaired) electrons. The maximum absolute atomic E-state index is 13.4. The van der Waals surface area contributed by atoms with Crippen molar-refractivity contribution >= 4 is 23.6 Å². The van der Waals surface area contributed by atoms with E-state index in [-0.39, 0.29) is 47.5 Å². The number of fused-ring (bicyclic) bond motifs is 2. The Morgan fingerprint density at radius 3 is 1.36 bits per heavy atom. The molecule has 204 valence electrons. The van der Waals surface area contributed by atoms with E-state index in [0.717, 1.165) is 38.5 Å². The SMILES string of the molecule is C[C@@H]1CC[C@H](C)[C@@H](N2C(=O)c3ccc(Oc4ccc5c(c4)C(=O)N([C@@H]4C[C@@H](C)CC[C@@H]4C)C5=O)cc3C2=O)C1. The predicted octanol–water partition coefficient (Wildman–Crippen LogP) is 6.32. The van der Waals surface area contributed by atoms with Gasteiger partial charge in [0.1, 0.15) is 11.5 Å². The van der Waals surface area contributed by atoms with Crippen molar-refractivity contribution in [2.75, 3.05) is 0 Å². The van der Waals surface area contributed by atoms with E-state index in [4.69, 9.17) is 4.74 Å². The van der Waals surface area contributed by atoms with Crippen LogP contribution in [0.25, 0.3) is 0 Å². The molecule has 7 nitrogen and oxygen atoms in total. The molecule has 6 rings (SSSR count). The average molecular weight is 529 g/mol. The molecule has 0 unspecified atom stereocenters. The van der Waals surface area contributed by atoms with Crippen molar-refractivity contribution in [1.29, 1.82) is 0 Å². The van der Waals surface area contributed by atoms with Crippen LogP contribution in [0, 0.1) is 23.7 Å². The van der Waals surface area contributed by atoms with Gasteiger partial charge in [0.15, 0.2) is 0 Å². The Hall–Kier alpha value is -3.48. The van der Waals surface area contributed by atoms with Crippen LogP contribution in [0.2, 0.25) is 0 Å². The van der Waals surface area contributed by atoms with Gasteiger partial charge in [-0.3, -0.25) is 29.0 Å². The van der Waals surface area contributed by atoms with Gasteiger partial charge in [-0.25, -0.2) is 0 Å². The summed E-state index contributed by atoms with van der Waals surface area (Å²) in [6, 6.07) is 9.70. The van der Waals surface area contributed by atoms with Gasteiger partial charge in [0.2, 0.25) is 0 Å². The fraction of sp³-hybridized carbons (Fsp3) is 0.500. The van der Waals surface area contributed by atoms with Crippen LogP contribution in [-0.4, -0.2) is 45.5 Å². The summed E-state index contributed by atoms with van der Waals surface area (Å²) in [4.78, 5) is 56.1. The fourth-order valence-electron chi connectivity index (χ4n) is 7.07. The number of hydrogen-bond donors (Lipinski definition) is 0. The minimum atomic E-state index is -0.271. The summed E-state index contributed by atoms with van der Waals surface area (Å²) in [7, 11) is 0. The number of benzene rings is 2. The zero-order chi connectivity index (χ0) is 27.6. The van der Waals surface area contributed by atoms with E-state index < -0.39 is 0 Å². The van der Waals surface area contributed by atoms with E-state index in [1.54, 1.807) is 36.4 Å². The topological polar surface area (TPSA) is 84.0 Å². The van der Waals surface area contributed by atoms with Gasteiger partial charge < -0.3 is 4.74 Å². The molecule has 2 aromatic rings. The molecular weight excluding hydrogens is 492 g/mol. The lowest BCUT2D eigenvalue weighted by atomic mass is 9.79. The number of carbonyl (C=O) groups excluding carboxylic acids is 4. The Morgan fingerprint density at radius 1 is 0.564 bits per heavy atom. The summed E-state index contributed by atoms with van der Waals surface area (Å²) in [6.07, 6.45) is 5.89. The molecular formula is C32H36N2O5. The number of ether oxygens (including phenoxy) is 1. The van der Waals surface area contributed by atoms with E-state index in [1.807, 2.05) is 0 Å². The second-order valence-corrected chi connectivity index (χ2v) is 12.4. The molecule has 7 heteroatoms. The number of imide groups is 2. The van der Waals surface area contributed by atoms with Crippen molar-refractivity contribution < 1.29 is 23.9 Å². The molecule has 0 spiro atoms. The number of amides is 4. The standard InChI is InChI=1S/C32H36N2O5/c1-17-5-7-19(3)27(13-17)33-29(35)23-11-9-21(15-25(23)31(33)37)39-22-10-12-24-26(16-22)32(38)34(30(24)36)28-14-18(2)6-8-20(28)4/h9-12,15-20,27-28H,5-8,13-14H2,1-4H3/t17-,18+,19-,20-,27+,28-/m0/s1. The summed E-state index contributed by atoms with van der Waals surface area (Å²) < 4.78 is 6.07. The molecule has 4 aliphatic rings. The Labute approximate surface area is 229 Å². The third kappa shape index (κ3) is 4.26. The maximum atomic E-state index is 13.4. The van der Waals surface area contributed by atoms with Crippen LogP contribution >= 0.6 is 0 Å². The second-order valence-electron chi connectivity index (χ2n) is 12.4. The van der Waals surface area contributed by atoms with Crippen LogP contribution in [0.5, 0.6) is 11.5 Å². The second kappa shape index (κ2) is 9.61. The predicted molar refractivity (Wildman–Crippen MR) is 146 cm³/mol. The van der Waals surface area contributed by atoms with Crippen molar-refractivity contribution in [3.8, 4) is 11.5 Å². The summed E-state index contributed by atoms with van der Waals surface area (Å²) in [5.74, 6) is 1.29. The van der Waals surface area contributed by atoms with Gasteiger partial charge in [-0.15, -0.1) is 0 Å². The Kier molecular flexibility index (Phi) is 6.35. The highest BCUT2D eigenvalue weighted by atomic mass is 16.5. The highest BCUT2D eigenvalue weighted by Crippen LogP contribution is 2.40. The Morgan fingerprint density at radius 2 is 0.949 bits per heavy atom. The van der Waals surface area contributed by atoms with Crippen molar-refractivity contribution in [3.05, 3.63) is 58.7 Å². The van der Waals surface area contributed by atoms with Crippen molar-refractivity contribution in [2.24, 2.45) is 23.7 Å². The number of rotatable bonds is 4. The van der Waals surface area contributed by atoms with Crippen LogP contribution in [0.15, 0.2) is 36.4 Å². The van der Waals surface area contributed by atoms with Gasteiger partial charge in [-0.2, -0.15) is 0 Å². The van der Waals surface area contributed by atoms with Crippen LogP contribution < -0.4 is 4.74 Å². The van der Waals surface area contributed by atoms with Crippen LogP contribution in [0.3, 0.4) is 0 Å². The van der Waals surface area contributed by atoms with Crippen LogP contribution in [0.1, 0.15) is 108 Å². The molecule has 2 fully saturated rings. The van der Waals surface area contributed by atoms with Gasteiger partial charge in [0.25, 0.3) is 23.6 Å². The molecule has 2 aliphatic heterocycles. The highest BCUT2D eigenvalue weighted by Gasteiger charge is 2.45. The number of carbonyl (C=O) groups is 4.